The molecule has 1 atom stereocenters. The van der Waals surface area contributed by atoms with E-state index in [0.717, 1.165) is 22.7 Å². The Morgan fingerprint density at radius 3 is 2.26 bits per heavy atom. The largest absolute Gasteiger partial charge is 0.464 e. The number of rotatable bonds is 8. The molecule has 2 heterocycles. The number of anilines is 2. The Labute approximate surface area is 208 Å². The summed E-state index contributed by atoms with van der Waals surface area (Å²) in [5.41, 5.74) is 12.9. The molecule has 10 heteroatoms. The minimum Gasteiger partial charge on any atom is -0.464 e. The van der Waals surface area contributed by atoms with Crippen molar-refractivity contribution in [2.45, 2.75) is 59.5 Å². The molecular weight excluding hydrogens is 466 g/mol. The van der Waals surface area contributed by atoms with E-state index in [-0.39, 0.29) is 22.0 Å². The number of nitrogens with two attached hydrogens (primary N) is 2. The molecule has 0 aliphatic rings. The maximum Gasteiger partial charge on any atom is 0.273 e. The number of primary amides is 1. The van der Waals surface area contributed by atoms with E-state index < -0.39 is 29.3 Å². The Balaban J connectivity index is 2.25. The van der Waals surface area contributed by atoms with E-state index in [1.165, 1.54) is 4.90 Å². The highest BCUT2D eigenvalue weighted by molar-refractivity contribution is 7.09. The number of aromatic nitrogens is 1. The van der Waals surface area contributed by atoms with Gasteiger partial charge in [-0.2, -0.15) is 4.37 Å². The fraction of sp³-hybridized carbons (Fsp3) is 0.360. The molecule has 3 amide bonds. The summed E-state index contributed by atoms with van der Waals surface area (Å²) in [6, 6.07) is 7.83. The molecule has 35 heavy (non-hydrogen) atoms. The monoisotopic (exact) mass is 497 g/mol. The summed E-state index contributed by atoms with van der Waals surface area (Å²) in [5, 5.41) is 3.03. The number of furan rings is 1. The molecule has 5 N–H and O–H groups in total. The smallest absolute Gasteiger partial charge is 0.273 e. The Hall–Kier alpha value is -3.66. The number of hydrogen-bond donors (Lipinski definition) is 3. The first kappa shape index (κ1) is 26.0. The number of carbonyl (C=O) groups is 3. The molecule has 0 unspecified atom stereocenters. The molecule has 1 aromatic carbocycles. The molecule has 3 rings (SSSR count). The van der Waals surface area contributed by atoms with Crippen LogP contribution in [0.15, 0.2) is 34.7 Å². The van der Waals surface area contributed by atoms with Gasteiger partial charge >= 0.3 is 0 Å². The fourth-order valence-electron chi connectivity index (χ4n) is 3.68. The lowest BCUT2D eigenvalue weighted by molar-refractivity contribution is -0.124. The molecule has 0 radical (unpaired) electrons. The van der Waals surface area contributed by atoms with Crippen LogP contribution in [0.4, 0.5) is 11.4 Å². The average Bonchev–Trinajstić information content (AvgIpc) is 3.35. The van der Waals surface area contributed by atoms with E-state index in [9.17, 15) is 14.4 Å². The van der Waals surface area contributed by atoms with E-state index >= 15 is 0 Å². The zero-order chi connectivity index (χ0) is 26.1. The molecule has 0 saturated heterocycles. The number of hydrogen-bond acceptors (Lipinski definition) is 7. The van der Waals surface area contributed by atoms with Crippen LogP contribution in [0, 0.1) is 20.8 Å². The third kappa shape index (κ3) is 5.54. The van der Waals surface area contributed by atoms with Gasteiger partial charge in [-0.15, -0.1) is 0 Å². The third-order valence-corrected chi connectivity index (χ3v) is 6.59. The number of nitrogens with one attached hydrogen (secondary N) is 1. The molecule has 0 spiro atoms. The highest BCUT2D eigenvalue weighted by Crippen LogP contribution is 2.35. The standard InChI is InChI=1S/C25H31N5O4S/c1-7-25(5,6)28-23(32)20(17-9-8-15(4)34-17)30(16-11-13(2)10-14(3)12-16)24(33)21-18(26)19(22(27)31)29-35-21/h8-12,20H,7,26H2,1-6H3,(H2,27,31)(H,28,32)/t20-/m0/s1. The number of nitrogens with zero attached hydrogens (tertiary/aromatic N) is 2. The van der Waals surface area contributed by atoms with E-state index in [0.29, 0.717) is 17.9 Å². The molecule has 2 aromatic heterocycles. The van der Waals surface area contributed by atoms with Gasteiger partial charge in [0.1, 0.15) is 16.4 Å². The van der Waals surface area contributed by atoms with Gasteiger partial charge in [-0.1, -0.05) is 13.0 Å². The molecule has 0 aliphatic heterocycles. The van der Waals surface area contributed by atoms with Crippen molar-refractivity contribution in [3.05, 3.63) is 63.6 Å². The molecule has 0 aliphatic carbocycles. The van der Waals surface area contributed by atoms with Gasteiger partial charge in [0.25, 0.3) is 17.7 Å². The summed E-state index contributed by atoms with van der Waals surface area (Å²) in [7, 11) is 0. The first-order valence-corrected chi connectivity index (χ1v) is 12.0. The predicted molar refractivity (Wildman–Crippen MR) is 136 cm³/mol. The summed E-state index contributed by atoms with van der Waals surface area (Å²) < 4.78 is 9.84. The van der Waals surface area contributed by atoms with Crippen LogP contribution >= 0.6 is 11.5 Å². The third-order valence-electron chi connectivity index (χ3n) is 5.74. The molecule has 0 fully saturated rings. The second kappa shape index (κ2) is 9.91. The highest BCUT2D eigenvalue weighted by atomic mass is 32.1. The van der Waals surface area contributed by atoms with Gasteiger partial charge in [0, 0.05) is 11.2 Å². The molecule has 0 saturated carbocycles. The van der Waals surface area contributed by atoms with Crippen LogP contribution in [-0.4, -0.2) is 27.6 Å². The van der Waals surface area contributed by atoms with Crippen LogP contribution in [0.1, 0.15) is 76.0 Å². The Bertz CT molecular complexity index is 1260. The summed E-state index contributed by atoms with van der Waals surface area (Å²) in [5.74, 6) is -0.972. The minimum absolute atomic E-state index is 0.00814. The Morgan fingerprint density at radius 1 is 1.14 bits per heavy atom. The summed E-state index contributed by atoms with van der Waals surface area (Å²) in [4.78, 5) is 40.9. The van der Waals surface area contributed by atoms with Gasteiger partial charge in [0.2, 0.25) is 0 Å². The lowest BCUT2D eigenvalue weighted by atomic mass is 10.00. The van der Waals surface area contributed by atoms with Crippen LogP contribution in [0.5, 0.6) is 0 Å². The van der Waals surface area contributed by atoms with E-state index in [4.69, 9.17) is 15.9 Å². The fourth-order valence-corrected chi connectivity index (χ4v) is 4.42. The maximum atomic E-state index is 14.0. The summed E-state index contributed by atoms with van der Waals surface area (Å²) >= 11 is 0.762. The van der Waals surface area contributed by atoms with E-state index in [1.807, 2.05) is 40.7 Å². The van der Waals surface area contributed by atoms with Crippen LogP contribution in [-0.2, 0) is 4.79 Å². The molecule has 9 nitrogen and oxygen atoms in total. The molecule has 186 valence electrons. The second-order valence-electron chi connectivity index (χ2n) is 9.24. The molecule has 3 aromatic rings. The topological polar surface area (TPSA) is 145 Å². The predicted octanol–water partition coefficient (Wildman–Crippen LogP) is 4.04. The summed E-state index contributed by atoms with van der Waals surface area (Å²) in [6.07, 6.45) is 0.671. The van der Waals surface area contributed by atoms with Crippen molar-refractivity contribution in [2.75, 3.05) is 10.6 Å². The normalized spacial score (nSPS) is 12.3. The van der Waals surface area contributed by atoms with Crippen molar-refractivity contribution in [1.82, 2.24) is 9.69 Å². The van der Waals surface area contributed by atoms with Crippen molar-refractivity contribution in [3.63, 3.8) is 0 Å². The van der Waals surface area contributed by atoms with Crippen LogP contribution in [0.3, 0.4) is 0 Å². The van der Waals surface area contributed by atoms with Gasteiger partial charge in [0.05, 0.1) is 5.69 Å². The molecular formula is C25H31N5O4S. The van der Waals surface area contributed by atoms with Gasteiger partial charge in [-0.3, -0.25) is 19.3 Å². The van der Waals surface area contributed by atoms with Crippen LogP contribution < -0.4 is 21.7 Å². The number of aryl methyl sites for hydroxylation is 3. The van der Waals surface area contributed by atoms with E-state index in [2.05, 4.69) is 9.69 Å². The van der Waals surface area contributed by atoms with Crippen molar-refractivity contribution in [2.24, 2.45) is 5.73 Å². The number of carbonyl (C=O) groups excluding carboxylic acids is 3. The average molecular weight is 498 g/mol. The highest BCUT2D eigenvalue weighted by Gasteiger charge is 2.39. The number of nitrogen functional groups attached to an aromatic ring is 1. The van der Waals surface area contributed by atoms with Crippen molar-refractivity contribution in [1.29, 1.82) is 0 Å². The maximum absolute atomic E-state index is 14.0. The number of amides is 3. The van der Waals surface area contributed by atoms with Crippen LogP contribution in [0.25, 0.3) is 0 Å². The van der Waals surface area contributed by atoms with E-state index in [1.54, 1.807) is 31.2 Å². The van der Waals surface area contributed by atoms with Crippen LogP contribution in [0.2, 0.25) is 0 Å². The Morgan fingerprint density at radius 2 is 1.77 bits per heavy atom. The SMILES string of the molecule is CCC(C)(C)NC(=O)[C@H](c1ccc(C)o1)N(C(=O)c1snc(C(N)=O)c1N)c1cc(C)cc(C)c1. The first-order chi connectivity index (χ1) is 16.3. The minimum atomic E-state index is -1.15. The zero-order valence-electron chi connectivity index (χ0n) is 20.8. The lowest BCUT2D eigenvalue weighted by Gasteiger charge is -2.33. The first-order valence-electron chi connectivity index (χ1n) is 11.2. The number of benzene rings is 1. The quantitative estimate of drug-likeness (QED) is 0.428. The molecule has 0 bridgehead atoms. The van der Waals surface area contributed by atoms with Gasteiger partial charge < -0.3 is 21.2 Å². The van der Waals surface area contributed by atoms with Gasteiger partial charge in [0.15, 0.2) is 11.7 Å². The lowest BCUT2D eigenvalue weighted by Crippen LogP contribution is -2.50. The summed E-state index contributed by atoms with van der Waals surface area (Å²) in [6.45, 7) is 11.3. The zero-order valence-corrected chi connectivity index (χ0v) is 21.6. The van der Waals surface area contributed by atoms with Crippen molar-refractivity contribution >= 4 is 40.6 Å². The van der Waals surface area contributed by atoms with Crippen molar-refractivity contribution in [3.8, 4) is 0 Å². The van der Waals surface area contributed by atoms with Gasteiger partial charge in [-0.05, 0) is 88.0 Å². The van der Waals surface area contributed by atoms with Crippen molar-refractivity contribution < 1.29 is 18.8 Å². The van der Waals surface area contributed by atoms with Gasteiger partial charge in [-0.25, -0.2) is 0 Å². The second-order valence-corrected chi connectivity index (χ2v) is 10.0. The Kier molecular flexibility index (Phi) is 7.35.